The second-order valence-electron chi connectivity index (χ2n) is 6.98. The maximum atomic E-state index is 10.5. The summed E-state index contributed by atoms with van der Waals surface area (Å²) in [6, 6.07) is 22.5. The van der Waals surface area contributed by atoms with Crippen molar-refractivity contribution in [1.29, 1.82) is 0 Å². The summed E-state index contributed by atoms with van der Waals surface area (Å²) in [6.07, 6.45) is 0.471. The van der Waals surface area contributed by atoms with Crippen LogP contribution in [0, 0.1) is 10.1 Å². The standard InChI is InChI=1S/C17H16N2O.C8H8N2O3/c1-18-14-6-10-17-13(11-14)5-9-16(19-17)12-3-7-15(20-2)8-4-12;1-9-7-2-3-8(10(12)13)6(4-7)5-11/h3-11,18H,1-2H3;2-5,9H,1H3. The number of anilines is 2. The molecule has 0 amide bonds. The quantitative estimate of drug-likeness (QED) is 0.233. The molecule has 0 aliphatic heterocycles. The Balaban J connectivity index is 0.000000205. The number of carbonyl (C=O) groups excluding carboxylic acids is 1. The van der Waals surface area contributed by atoms with Gasteiger partial charge in [0.1, 0.15) is 5.75 Å². The van der Waals surface area contributed by atoms with Crippen molar-refractivity contribution in [3.05, 3.63) is 88.5 Å². The normalized spacial score (nSPS) is 10.0. The molecule has 0 unspecified atom stereocenters. The first kappa shape index (κ1) is 23.2. The number of benzene rings is 3. The van der Waals surface area contributed by atoms with E-state index in [2.05, 4.69) is 22.8 Å². The smallest absolute Gasteiger partial charge is 0.280 e. The Morgan fingerprint density at radius 3 is 2.18 bits per heavy atom. The van der Waals surface area contributed by atoms with E-state index in [4.69, 9.17) is 9.72 Å². The Morgan fingerprint density at radius 2 is 1.58 bits per heavy atom. The predicted molar refractivity (Wildman–Crippen MR) is 131 cm³/mol. The molecule has 0 saturated carbocycles. The lowest BCUT2D eigenvalue weighted by Gasteiger charge is -2.06. The second-order valence-corrected chi connectivity index (χ2v) is 6.98. The van der Waals surface area contributed by atoms with Crippen molar-refractivity contribution in [3.8, 4) is 17.0 Å². The highest BCUT2D eigenvalue weighted by atomic mass is 16.6. The second kappa shape index (κ2) is 10.7. The minimum Gasteiger partial charge on any atom is -0.497 e. The molecule has 8 nitrogen and oxygen atoms in total. The number of aldehydes is 1. The molecule has 1 aromatic heterocycles. The van der Waals surface area contributed by atoms with Crippen molar-refractivity contribution in [3.63, 3.8) is 0 Å². The summed E-state index contributed by atoms with van der Waals surface area (Å²) in [4.78, 5) is 25.0. The molecule has 4 aromatic rings. The molecule has 0 aliphatic carbocycles. The predicted octanol–water partition coefficient (Wildman–Crippen LogP) is 5.40. The molecule has 0 spiro atoms. The number of hydrogen-bond donors (Lipinski definition) is 2. The van der Waals surface area contributed by atoms with Gasteiger partial charge in [0.05, 0.1) is 28.8 Å². The third kappa shape index (κ3) is 5.62. The SMILES string of the molecule is CNc1ccc([N+](=O)[O-])c(C=O)c1.CNc1ccc2nc(-c3ccc(OC)cc3)ccc2c1. The summed E-state index contributed by atoms with van der Waals surface area (Å²) in [6.45, 7) is 0. The molecule has 1 heterocycles. The lowest BCUT2D eigenvalue weighted by atomic mass is 10.1. The Labute approximate surface area is 191 Å². The number of nitrogens with one attached hydrogen (secondary N) is 2. The molecule has 168 valence electrons. The average Bonchev–Trinajstić information content (AvgIpc) is 2.87. The summed E-state index contributed by atoms with van der Waals surface area (Å²) < 4.78 is 5.17. The highest BCUT2D eigenvalue weighted by Gasteiger charge is 2.12. The van der Waals surface area contributed by atoms with Crippen molar-refractivity contribution in [2.75, 3.05) is 31.8 Å². The van der Waals surface area contributed by atoms with Crippen LogP contribution in [0.1, 0.15) is 10.4 Å². The Kier molecular flexibility index (Phi) is 7.54. The van der Waals surface area contributed by atoms with Gasteiger partial charge in [0.15, 0.2) is 6.29 Å². The van der Waals surface area contributed by atoms with Gasteiger partial charge in [0.25, 0.3) is 5.69 Å². The molecule has 0 atom stereocenters. The molecular weight excluding hydrogens is 420 g/mol. The van der Waals surface area contributed by atoms with Gasteiger partial charge in [-0.25, -0.2) is 4.98 Å². The number of ether oxygens (including phenoxy) is 1. The molecule has 0 fully saturated rings. The highest BCUT2D eigenvalue weighted by molar-refractivity contribution is 5.85. The number of rotatable bonds is 6. The van der Waals surface area contributed by atoms with Gasteiger partial charge in [-0.2, -0.15) is 0 Å². The summed E-state index contributed by atoms with van der Waals surface area (Å²) >= 11 is 0. The lowest BCUT2D eigenvalue weighted by molar-refractivity contribution is -0.385. The largest absolute Gasteiger partial charge is 0.497 e. The molecule has 0 radical (unpaired) electrons. The van der Waals surface area contributed by atoms with E-state index in [-0.39, 0.29) is 11.3 Å². The van der Waals surface area contributed by atoms with Gasteiger partial charge < -0.3 is 15.4 Å². The third-order valence-electron chi connectivity index (χ3n) is 5.00. The monoisotopic (exact) mass is 444 g/mol. The minimum atomic E-state index is -0.580. The van der Waals surface area contributed by atoms with Crippen LogP contribution in [0.4, 0.5) is 17.1 Å². The van der Waals surface area contributed by atoms with Crippen LogP contribution in [0.15, 0.2) is 72.8 Å². The zero-order valence-electron chi connectivity index (χ0n) is 18.5. The maximum Gasteiger partial charge on any atom is 0.280 e. The molecule has 0 aliphatic rings. The van der Waals surface area contributed by atoms with Crippen LogP contribution in [0.5, 0.6) is 5.75 Å². The van der Waals surface area contributed by atoms with Crippen molar-refractivity contribution >= 4 is 34.3 Å². The van der Waals surface area contributed by atoms with Crippen molar-refractivity contribution in [1.82, 2.24) is 4.98 Å². The van der Waals surface area contributed by atoms with E-state index >= 15 is 0 Å². The molecule has 8 heteroatoms. The topological polar surface area (TPSA) is 106 Å². The summed E-state index contributed by atoms with van der Waals surface area (Å²) in [5.41, 5.74) is 4.73. The molecular formula is C25H24N4O4. The fourth-order valence-electron chi connectivity index (χ4n) is 3.17. The number of pyridine rings is 1. The summed E-state index contributed by atoms with van der Waals surface area (Å²) in [7, 11) is 5.26. The average molecular weight is 444 g/mol. The number of nitrogens with zero attached hydrogens (tertiary/aromatic N) is 2. The number of methoxy groups -OCH3 is 1. The van der Waals surface area contributed by atoms with E-state index in [0.717, 1.165) is 33.6 Å². The van der Waals surface area contributed by atoms with E-state index in [1.165, 1.54) is 12.1 Å². The molecule has 2 N–H and O–H groups in total. The fourth-order valence-corrected chi connectivity index (χ4v) is 3.17. The van der Waals surface area contributed by atoms with Gasteiger partial charge in [-0.15, -0.1) is 0 Å². The number of fused-ring (bicyclic) bond motifs is 1. The molecule has 3 aromatic carbocycles. The Hall–Kier alpha value is -4.46. The first-order valence-corrected chi connectivity index (χ1v) is 10.1. The van der Waals surface area contributed by atoms with E-state index in [9.17, 15) is 14.9 Å². The summed E-state index contributed by atoms with van der Waals surface area (Å²) in [5, 5.41) is 17.5. The van der Waals surface area contributed by atoms with Crippen LogP contribution in [0.2, 0.25) is 0 Å². The van der Waals surface area contributed by atoms with Crippen molar-refractivity contribution in [2.45, 2.75) is 0 Å². The minimum absolute atomic E-state index is 0.0804. The van der Waals surface area contributed by atoms with Crippen LogP contribution in [0.25, 0.3) is 22.2 Å². The van der Waals surface area contributed by atoms with E-state index in [1.807, 2.05) is 49.5 Å². The van der Waals surface area contributed by atoms with Crippen LogP contribution < -0.4 is 15.4 Å². The number of carbonyl (C=O) groups is 1. The Morgan fingerprint density at radius 1 is 0.909 bits per heavy atom. The molecule has 4 rings (SSSR count). The number of hydrogen-bond acceptors (Lipinski definition) is 7. The van der Waals surface area contributed by atoms with Crippen LogP contribution >= 0.6 is 0 Å². The summed E-state index contributed by atoms with van der Waals surface area (Å²) in [5.74, 6) is 0.855. The number of nitro groups is 1. The highest BCUT2D eigenvalue weighted by Crippen LogP contribution is 2.25. The number of aromatic nitrogens is 1. The molecule has 33 heavy (non-hydrogen) atoms. The van der Waals surface area contributed by atoms with Gasteiger partial charge in [-0.05, 0) is 60.7 Å². The zero-order chi connectivity index (χ0) is 23.8. The van der Waals surface area contributed by atoms with Gasteiger partial charge in [-0.1, -0.05) is 6.07 Å². The van der Waals surface area contributed by atoms with Gasteiger partial charge in [0.2, 0.25) is 0 Å². The van der Waals surface area contributed by atoms with Crippen LogP contribution in [-0.4, -0.2) is 37.4 Å². The lowest BCUT2D eigenvalue weighted by Crippen LogP contribution is -1.96. The van der Waals surface area contributed by atoms with Crippen LogP contribution in [0.3, 0.4) is 0 Å². The first-order chi connectivity index (χ1) is 16.0. The van der Waals surface area contributed by atoms with Crippen LogP contribution in [-0.2, 0) is 0 Å². The van der Waals surface area contributed by atoms with E-state index in [0.29, 0.717) is 12.0 Å². The first-order valence-electron chi connectivity index (χ1n) is 10.1. The molecule has 0 bridgehead atoms. The Bertz CT molecular complexity index is 1270. The zero-order valence-corrected chi connectivity index (χ0v) is 18.5. The van der Waals surface area contributed by atoms with Crippen molar-refractivity contribution < 1.29 is 14.5 Å². The van der Waals surface area contributed by atoms with Gasteiger partial charge in [-0.3, -0.25) is 14.9 Å². The molecule has 0 saturated heterocycles. The van der Waals surface area contributed by atoms with Gasteiger partial charge in [0, 0.05) is 42.5 Å². The third-order valence-corrected chi connectivity index (χ3v) is 5.00. The maximum absolute atomic E-state index is 10.5. The number of nitro benzene ring substituents is 1. The van der Waals surface area contributed by atoms with Gasteiger partial charge >= 0.3 is 0 Å². The van der Waals surface area contributed by atoms with Crippen molar-refractivity contribution in [2.24, 2.45) is 0 Å². The van der Waals surface area contributed by atoms with E-state index in [1.54, 1.807) is 20.2 Å². The fraction of sp³-hybridized carbons (Fsp3) is 0.120. The van der Waals surface area contributed by atoms with E-state index < -0.39 is 4.92 Å².